The van der Waals surface area contributed by atoms with E-state index in [1.165, 1.54) is 21.2 Å². The Morgan fingerprint density at radius 2 is 1.95 bits per heavy atom. The Kier molecular flexibility index (Phi) is 3.61. The van der Waals surface area contributed by atoms with Gasteiger partial charge in [-0.25, -0.2) is 4.57 Å². The van der Waals surface area contributed by atoms with Crippen molar-refractivity contribution in [2.24, 2.45) is 0 Å². The Morgan fingerprint density at radius 1 is 1.20 bits per heavy atom. The molecule has 0 fully saturated rings. The van der Waals surface area contributed by atoms with Gasteiger partial charge in [0.1, 0.15) is 0 Å². The molecule has 3 heteroatoms. The zero-order valence-electron chi connectivity index (χ0n) is 11.5. The van der Waals surface area contributed by atoms with Crippen molar-refractivity contribution >= 4 is 23.5 Å². The largest absolute Gasteiger partial charge is 0.338 e. The summed E-state index contributed by atoms with van der Waals surface area (Å²) in [5, 5.41) is 1.26. The smallest absolute Gasteiger partial charge is 0.169 e. The summed E-state index contributed by atoms with van der Waals surface area (Å²) in [4.78, 5) is 3.56. The van der Waals surface area contributed by atoms with E-state index in [2.05, 4.69) is 78.0 Å². The van der Waals surface area contributed by atoms with E-state index in [1.54, 1.807) is 0 Å². The van der Waals surface area contributed by atoms with Crippen LogP contribution in [0.5, 0.6) is 0 Å². The van der Waals surface area contributed by atoms with Crippen molar-refractivity contribution in [3.05, 3.63) is 72.0 Å². The molecule has 0 atom stereocenters. The maximum Gasteiger partial charge on any atom is 0.169 e. The van der Waals surface area contributed by atoms with Gasteiger partial charge >= 0.3 is 0 Å². The molecule has 0 aliphatic carbocycles. The van der Waals surface area contributed by atoms with Crippen molar-refractivity contribution in [1.29, 1.82) is 0 Å². The normalized spacial score (nSPS) is 15.4. The number of rotatable bonds is 3. The zero-order chi connectivity index (χ0) is 13.9. The van der Waals surface area contributed by atoms with Gasteiger partial charge in [0.15, 0.2) is 18.9 Å². The summed E-state index contributed by atoms with van der Waals surface area (Å²) in [6.45, 7) is 4.60. The molecular formula is C17H17N2S+. The van der Waals surface area contributed by atoms with Gasteiger partial charge in [0, 0.05) is 24.1 Å². The van der Waals surface area contributed by atoms with E-state index >= 15 is 0 Å². The lowest BCUT2D eigenvalue weighted by atomic mass is 10.2. The Hall–Kier alpha value is -2.00. The molecule has 0 saturated heterocycles. The number of hydrogen-bond acceptors (Lipinski definition) is 2. The number of aromatic nitrogens is 1. The van der Waals surface area contributed by atoms with Crippen LogP contribution < -0.4 is 9.47 Å². The lowest BCUT2D eigenvalue weighted by molar-refractivity contribution is -0.687. The van der Waals surface area contributed by atoms with Gasteiger partial charge in [-0.1, -0.05) is 30.5 Å². The summed E-state index contributed by atoms with van der Waals surface area (Å²) in [7, 11) is 2.12. The third-order valence-electron chi connectivity index (χ3n) is 3.32. The van der Waals surface area contributed by atoms with Crippen molar-refractivity contribution in [3.63, 3.8) is 0 Å². The maximum absolute atomic E-state index is 3.75. The van der Waals surface area contributed by atoms with E-state index in [9.17, 15) is 0 Å². The predicted octanol–water partition coefficient (Wildman–Crippen LogP) is 3.70. The van der Waals surface area contributed by atoms with Gasteiger partial charge in [0.05, 0.1) is 10.7 Å². The van der Waals surface area contributed by atoms with Crippen LogP contribution in [0.25, 0.3) is 6.08 Å². The van der Waals surface area contributed by atoms with Gasteiger partial charge in [-0.05, 0) is 29.8 Å². The summed E-state index contributed by atoms with van der Waals surface area (Å²) in [6.07, 6.45) is 8.29. The molecule has 2 heterocycles. The lowest BCUT2D eigenvalue weighted by Gasteiger charge is -2.13. The molecule has 2 nitrogen and oxygen atoms in total. The van der Waals surface area contributed by atoms with Crippen LogP contribution in [0.3, 0.4) is 0 Å². The number of nitrogens with zero attached hydrogens (tertiary/aromatic N) is 2. The number of benzene rings is 1. The molecule has 1 aliphatic heterocycles. The number of anilines is 1. The van der Waals surface area contributed by atoms with Crippen LogP contribution in [-0.4, -0.2) is 7.05 Å². The number of hydrogen-bond donors (Lipinski definition) is 0. The van der Waals surface area contributed by atoms with Crippen LogP contribution in [0.15, 0.2) is 71.4 Å². The summed E-state index contributed by atoms with van der Waals surface area (Å²) in [5.74, 6) is 0. The standard InChI is InChI=1S/C17H17N2S/c1-3-10-19-11-8-14(9-12-19)13-17-18(2)15-6-4-5-7-16(15)20-17/h3-9,11-13H,1,10H2,2H3/q+1. The molecule has 0 bridgehead atoms. The Morgan fingerprint density at radius 3 is 2.65 bits per heavy atom. The van der Waals surface area contributed by atoms with Gasteiger partial charge in [-0.3, -0.25) is 0 Å². The van der Waals surface area contributed by atoms with Crippen molar-refractivity contribution < 1.29 is 4.57 Å². The molecule has 2 aromatic rings. The molecule has 20 heavy (non-hydrogen) atoms. The Balaban J connectivity index is 1.85. The topological polar surface area (TPSA) is 7.12 Å². The lowest BCUT2D eigenvalue weighted by Crippen LogP contribution is -2.31. The average Bonchev–Trinajstić information content (AvgIpc) is 2.79. The average molecular weight is 281 g/mol. The monoisotopic (exact) mass is 281 g/mol. The molecule has 0 N–H and O–H groups in total. The summed E-state index contributed by atoms with van der Waals surface area (Å²) in [5.41, 5.74) is 2.49. The van der Waals surface area contributed by atoms with E-state index in [1.807, 2.05) is 17.8 Å². The molecule has 1 aromatic carbocycles. The van der Waals surface area contributed by atoms with Crippen molar-refractivity contribution in [1.82, 2.24) is 0 Å². The minimum Gasteiger partial charge on any atom is -0.338 e. The van der Waals surface area contributed by atoms with E-state index in [0.29, 0.717) is 0 Å². The summed E-state index contributed by atoms with van der Waals surface area (Å²) in [6, 6.07) is 12.8. The fraction of sp³-hybridized carbons (Fsp3) is 0.118. The summed E-state index contributed by atoms with van der Waals surface area (Å²) >= 11 is 1.82. The minimum absolute atomic E-state index is 0.844. The molecule has 100 valence electrons. The molecule has 1 aliphatic rings. The highest BCUT2D eigenvalue weighted by Crippen LogP contribution is 2.45. The Labute approximate surface area is 124 Å². The van der Waals surface area contributed by atoms with Crippen molar-refractivity contribution in [2.75, 3.05) is 11.9 Å². The van der Waals surface area contributed by atoms with Gasteiger partial charge < -0.3 is 4.90 Å². The fourth-order valence-corrected chi connectivity index (χ4v) is 3.34. The minimum atomic E-state index is 0.844. The molecule has 0 radical (unpaired) electrons. The first-order chi connectivity index (χ1) is 9.78. The number of fused-ring (bicyclic) bond motifs is 1. The maximum atomic E-state index is 3.75. The second-order valence-electron chi connectivity index (χ2n) is 4.73. The first kappa shape index (κ1) is 13.0. The SMILES string of the molecule is C=CC[n+]1ccc(/C=C2/Sc3ccccc3N2C)cc1. The zero-order valence-corrected chi connectivity index (χ0v) is 12.3. The first-order valence-electron chi connectivity index (χ1n) is 6.60. The van der Waals surface area contributed by atoms with Crippen LogP contribution in [0.2, 0.25) is 0 Å². The number of pyridine rings is 1. The van der Waals surface area contributed by atoms with E-state index in [0.717, 1.165) is 6.54 Å². The quantitative estimate of drug-likeness (QED) is 0.625. The van der Waals surface area contributed by atoms with Gasteiger partial charge in [-0.15, -0.1) is 0 Å². The third kappa shape index (κ3) is 2.49. The third-order valence-corrected chi connectivity index (χ3v) is 4.48. The van der Waals surface area contributed by atoms with Gasteiger partial charge in [0.2, 0.25) is 0 Å². The molecule has 0 amide bonds. The second kappa shape index (κ2) is 5.55. The highest BCUT2D eigenvalue weighted by atomic mass is 32.2. The van der Waals surface area contributed by atoms with E-state index in [-0.39, 0.29) is 0 Å². The highest BCUT2D eigenvalue weighted by molar-refractivity contribution is 8.03. The van der Waals surface area contributed by atoms with Crippen LogP contribution in [0, 0.1) is 0 Å². The van der Waals surface area contributed by atoms with Gasteiger partial charge in [0.25, 0.3) is 0 Å². The second-order valence-corrected chi connectivity index (χ2v) is 5.79. The molecule has 0 saturated carbocycles. The van der Waals surface area contributed by atoms with Crippen LogP contribution in [0.1, 0.15) is 5.56 Å². The predicted molar refractivity (Wildman–Crippen MR) is 85.5 cm³/mol. The molecule has 1 aromatic heterocycles. The van der Waals surface area contributed by atoms with Crippen molar-refractivity contribution in [2.45, 2.75) is 11.4 Å². The van der Waals surface area contributed by atoms with E-state index in [4.69, 9.17) is 0 Å². The van der Waals surface area contributed by atoms with Crippen LogP contribution in [-0.2, 0) is 6.54 Å². The van der Waals surface area contributed by atoms with Crippen LogP contribution >= 0.6 is 11.8 Å². The number of para-hydroxylation sites is 1. The molecule has 3 rings (SSSR count). The highest BCUT2D eigenvalue weighted by Gasteiger charge is 2.20. The molecular weight excluding hydrogens is 264 g/mol. The Bertz CT molecular complexity index is 659. The van der Waals surface area contributed by atoms with Gasteiger partial charge in [-0.2, -0.15) is 0 Å². The van der Waals surface area contributed by atoms with Crippen molar-refractivity contribution in [3.8, 4) is 0 Å². The fourth-order valence-electron chi connectivity index (χ4n) is 2.23. The molecule has 0 unspecified atom stereocenters. The van der Waals surface area contributed by atoms with Crippen LogP contribution in [0.4, 0.5) is 5.69 Å². The number of thioether (sulfide) groups is 1. The summed E-state index contributed by atoms with van der Waals surface area (Å²) < 4.78 is 2.11. The van der Waals surface area contributed by atoms with E-state index < -0.39 is 0 Å². The molecule has 0 spiro atoms. The number of allylic oxidation sites excluding steroid dienone is 1. The first-order valence-corrected chi connectivity index (χ1v) is 7.42.